The molecule has 2 atom stereocenters. The normalized spacial score (nSPS) is 24.2. The average molecular weight is 216 g/mol. The topological polar surface area (TPSA) is 26.3 Å². The summed E-state index contributed by atoms with van der Waals surface area (Å²) in [5.41, 5.74) is 2.52. The number of hydrogen-bond donors (Lipinski definition) is 0. The molecule has 0 bridgehead atoms. The van der Waals surface area contributed by atoms with Crippen LogP contribution < -0.4 is 0 Å². The highest BCUT2D eigenvalue weighted by Crippen LogP contribution is 2.31. The molecule has 0 fully saturated rings. The van der Waals surface area contributed by atoms with Gasteiger partial charge >= 0.3 is 5.97 Å². The standard InChI is InChI=1S/C14H16O2/c1-10(16-11(2)15)13-8-7-12-5-3-4-6-14(12)9-13/h3-8,10,14H,9H2,1-2H3. The molecular weight excluding hydrogens is 200 g/mol. The van der Waals surface area contributed by atoms with Crippen LogP contribution in [-0.4, -0.2) is 12.1 Å². The Morgan fingerprint density at radius 1 is 1.44 bits per heavy atom. The molecule has 84 valence electrons. The van der Waals surface area contributed by atoms with Crippen molar-refractivity contribution >= 4 is 5.97 Å². The van der Waals surface area contributed by atoms with Gasteiger partial charge in [0, 0.05) is 12.8 Å². The van der Waals surface area contributed by atoms with Gasteiger partial charge in [-0.05, 0) is 24.5 Å². The lowest BCUT2D eigenvalue weighted by Crippen LogP contribution is -2.19. The van der Waals surface area contributed by atoms with Crippen molar-refractivity contribution in [1.82, 2.24) is 0 Å². The number of ether oxygens (including phenoxy) is 1. The Labute approximate surface area is 96.0 Å². The van der Waals surface area contributed by atoms with Crippen molar-refractivity contribution in [3.05, 3.63) is 47.6 Å². The maximum Gasteiger partial charge on any atom is 0.303 e. The lowest BCUT2D eigenvalue weighted by atomic mass is 9.83. The van der Waals surface area contributed by atoms with E-state index in [-0.39, 0.29) is 12.1 Å². The molecule has 0 aromatic carbocycles. The molecule has 2 nitrogen and oxygen atoms in total. The smallest absolute Gasteiger partial charge is 0.303 e. The molecule has 0 heterocycles. The lowest BCUT2D eigenvalue weighted by molar-refractivity contribution is -0.143. The second-order valence-corrected chi connectivity index (χ2v) is 4.21. The Kier molecular flexibility index (Phi) is 3.09. The van der Waals surface area contributed by atoms with E-state index in [1.54, 1.807) is 0 Å². The van der Waals surface area contributed by atoms with Gasteiger partial charge in [-0.2, -0.15) is 0 Å². The summed E-state index contributed by atoms with van der Waals surface area (Å²) < 4.78 is 5.19. The molecule has 2 rings (SSSR count). The van der Waals surface area contributed by atoms with E-state index in [0.717, 1.165) is 6.42 Å². The molecule has 0 saturated heterocycles. The van der Waals surface area contributed by atoms with Crippen molar-refractivity contribution in [3.8, 4) is 0 Å². The van der Waals surface area contributed by atoms with Crippen LogP contribution in [0.1, 0.15) is 20.3 Å². The predicted octanol–water partition coefficient (Wildman–Crippen LogP) is 2.94. The van der Waals surface area contributed by atoms with Gasteiger partial charge in [-0.1, -0.05) is 36.5 Å². The highest BCUT2D eigenvalue weighted by Gasteiger charge is 2.21. The summed E-state index contributed by atoms with van der Waals surface area (Å²) in [5.74, 6) is 0.227. The van der Waals surface area contributed by atoms with Gasteiger partial charge in [0.25, 0.3) is 0 Å². The molecule has 0 aliphatic heterocycles. The maximum atomic E-state index is 10.9. The van der Waals surface area contributed by atoms with Crippen molar-refractivity contribution in [2.24, 2.45) is 5.92 Å². The van der Waals surface area contributed by atoms with Gasteiger partial charge in [0.15, 0.2) is 0 Å². The fourth-order valence-electron chi connectivity index (χ4n) is 2.12. The molecule has 0 spiro atoms. The molecule has 0 N–H and O–H groups in total. The van der Waals surface area contributed by atoms with Gasteiger partial charge in [-0.25, -0.2) is 0 Å². The monoisotopic (exact) mass is 216 g/mol. The van der Waals surface area contributed by atoms with Crippen LogP contribution in [0.2, 0.25) is 0 Å². The number of carbonyl (C=O) groups excluding carboxylic acids is 1. The van der Waals surface area contributed by atoms with E-state index >= 15 is 0 Å². The third kappa shape index (κ3) is 2.32. The van der Waals surface area contributed by atoms with Gasteiger partial charge in [-0.3, -0.25) is 4.79 Å². The number of allylic oxidation sites excluding steroid dienone is 7. The minimum absolute atomic E-state index is 0.116. The number of hydrogen-bond acceptors (Lipinski definition) is 2. The van der Waals surface area contributed by atoms with Crippen molar-refractivity contribution < 1.29 is 9.53 Å². The molecule has 2 heteroatoms. The first kappa shape index (κ1) is 10.9. The summed E-state index contributed by atoms with van der Waals surface area (Å²) in [6.07, 6.45) is 13.5. The second-order valence-electron chi connectivity index (χ2n) is 4.21. The zero-order valence-electron chi connectivity index (χ0n) is 9.64. The first-order valence-electron chi connectivity index (χ1n) is 5.59. The summed E-state index contributed by atoms with van der Waals surface area (Å²) in [7, 11) is 0. The minimum Gasteiger partial charge on any atom is -0.458 e. The summed E-state index contributed by atoms with van der Waals surface area (Å²) in [6, 6.07) is 0. The van der Waals surface area contributed by atoms with Crippen LogP contribution in [0.15, 0.2) is 47.6 Å². The molecule has 16 heavy (non-hydrogen) atoms. The van der Waals surface area contributed by atoms with Crippen LogP contribution in [0.4, 0.5) is 0 Å². The maximum absolute atomic E-state index is 10.9. The Balaban J connectivity index is 2.11. The van der Waals surface area contributed by atoms with Crippen molar-refractivity contribution in [3.63, 3.8) is 0 Å². The van der Waals surface area contributed by atoms with Crippen LogP contribution in [-0.2, 0) is 9.53 Å². The van der Waals surface area contributed by atoms with Crippen LogP contribution in [0.25, 0.3) is 0 Å². The van der Waals surface area contributed by atoms with Gasteiger partial charge in [-0.15, -0.1) is 0 Å². The summed E-state index contributed by atoms with van der Waals surface area (Å²) in [5, 5.41) is 0. The Morgan fingerprint density at radius 2 is 2.25 bits per heavy atom. The van der Waals surface area contributed by atoms with Crippen molar-refractivity contribution in [2.45, 2.75) is 26.4 Å². The second kappa shape index (κ2) is 4.52. The molecule has 2 aliphatic carbocycles. The lowest BCUT2D eigenvalue weighted by Gasteiger charge is -2.25. The van der Waals surface area contributed by atoms with Crippen LogP contribution in [0.5, 0.6) is 0 Å². The largest absolute Gasteiger partial charge is 0.458 e. The first-order chi connectivity index (χ1) is 7.66. The first-order valence-corrected chi connectivity index (χ1v) is 5.59. The molecule has 2 unspecified atom stereocenters. The van der Waals surface area contributed by atoms with Gasteiger partial charge < -0.3 is 4.74 Å². The van der Waals surface area contributed by atoms with E-state index in [0.29, 0.717) is 5.92 Å². The fourth-order valence-corrected chi connectivity index (χ4v) is 2.12. The van der Waals surface area contributed by atoms with E-state index in [1.807, 2.05) is 6.92 Å². The number of esters is 1. The summed E-state index contributed by atoms with van der Waals surface area (Å²) in [6.45, 7) is 3.37. The molecular formula is C14H16O2. The van der Waals surface area contributed by atoms with Crippen LogP contribution in [0.3, 0.4) is 0 Å². The summed E-state index contributed by atoms with van der Waals surface area (Å²) in [4.78, 5) is 10.9. The molecule has 2 aliphatic rings. The summed E-state index contributed by atoms with van der Waals surface area (Å²) >= 11 is 0. The predicted molar refractivity (Wildman–Crippen MR) is 63.8 cm³/mol. The zero-order valence-corrected chi connectivity index (χ0v) is 9.64. The zero-order chi connectivity index (χ0) is 11.5. The third-order valence-electron chi connectivity index (χ3n) is 2.98. The quantitative estimate of drug-likeness (QED) is 0.663. The SMILES string of the molecule is CC(=O)OC(C)C1=CC=C2C=CC=CC2C1. The third-order valence-corrected chi connectivity index (χ3v) is 2.98. The highest BCUT2D eigenvalue weighted by atomic mass is 16.5. The molecule has 0 saturated carbocycles. The van der Waals surface area contributed by atoms with E-state index in [1.165, 1.54) is 18.1 Å². The molecule has 0 aromatic heterocycles. The van der Waals surface area contributed by atoms with Crippen LogP contribution in [0, 0.1) is 5.92 Å². The average Bonchev–Trinajstić information content (AvgIpc) is 2.27. The van der Waals surface area contributed by atoms with Gasteiger partial charge in [0.2, 0.25) is 0 Å². The number of rotatable bonds is 2. The number of carbonyl (C=O) groups is 1. The van der Waals surface area contributed by atoms with E-state index in [9.17, 15) is 4.79 Å². The Bertz CT molecular complexity index is 410. The highest BCUT2D eigenvalue weighted by molar-refractivity contribution is 5.66. The number of fused-ring (bicyclic) bond motifs is 1. The molecule has 0 amide bonds. The minimum atomic E-state index is -0.220. The Hall–Kier alpha value is -1.57. The molecule has 0 radical (unpaired) electrons. The van der Waals surface area contributed by atoms with Crippen LogP contribution >= 0.6 is 0 Å². The fraction of sp³-hybridized carbons (Fsp3) is 0.357. The van der Waals surface area contributed by atoms with E-state index in [2.05, 4.69) is 36.5 Å². The van der Waals surface area contributed by atoms with E-state index in [4.69, 9.17) is 4.74 Å². The molecule has 0 aromatic rings. The Morgan fingerprint density at radius 3 is 3.00 bits per heavy atom. The van der Waals surface area contributed by atoms with Gasteiger partial charge in [0.1, 0.15) is 6.10 Å². The van der Waals surface area contributed by atoms with Gasteiger partial charge in [0.05, 0.1) is 0 Å². The van der Waals surface area contributed by atoms with Crippen molar-refractivity contribution in [1.29, 1.82) is 0 Å². The van der Waals surface area contributed by atoms with E-state index < -0.39 is 0 Å². The van der Waals surface area contributed by atoms with Crippen molar-refractivity contribution in [2.75, 3.05) is 0 Å².